The van der Waals surface area contributed by atoms with Gasteiger partial charge < -0.3 is 0 Å². The molecule has 84 valence electrons. The van der Waals surface area contributed by atoms with E-state index in [9.17, 15) is 0 Å². The molecular weight excluding hydrogens is 360 g/mol. The second-order valence-corrected chi connectivity index (χ2v) is 4.67. The first-order valence-corrected chi connectivity index (χ1v) is 5.96. The molecule has 1 aromatic carbocycles. The van der Waals surface area contributed by atoms with Crippen LogP contribution in [0.2, 0.25) is 0 Å². The lowest BCUT2D eigenvalue weighted by Gasteiger charge is -1.98. The highest BCUT2D eigenvalue weighted by Crippen LogP contribution is 2.10. The quantitative estimate of drug-likeness (QED) is 0.666. The van der Waals surface area contributed by atoms with E-state index in [-0.39, 0.29) is 11.4 Å². The Hall–Kier alpha value is -2.12. The fourth-order valence-corrected chi connectivity index (χ4v) is 2.26. The van der Waals surface area contributed by atoms with Crippen molar-refractivity contribution in [1.29, 1.82) is 10.5 Å². The monoisotopic (exact) mass is 360 g/mol. The molecule has 0 saturated carbocycles. The van der Waals surface area contributed by atoms with Gasteiger partial charge >= 0.3 is 0 Å². The summed E-state index contributed by atoms with van der Waals surface area (Å²) in [5.41, 5.74) is -0.120. The summed E-state index contributed by atoms with van der Waals surface area (Å²) in [6, 6.07) is 6.66. The van der Waals surface area contributed by atoms with Gasteiger partial charge in [0.1, 0.15) is 0 Å². The highest BCUT2D eigenvalue weighted by Gasteiger charge is 2.05. The number of rotatable bonds is 0. The topological polar surface area (TPSA) is 56.3 Å². The van der Waals surface area contributed by atoms with Gasteiger partial charge in [0.2, 0.25) is 0 Å². The molecule has 0 heterocycles. The van der Waals surface area contributed by atoms with Gasteiger partial charge in [-0.25, -0.2) is 20.2 Å². The van der Waals surface area contributed by atoms with Crippen molar-refractivity contribution in [2.45, 2.75) is 0 Å². The molecule has 1 aromatic rings. The van der Waals surface area contributed by atoms with E-state index in [1.807, 2.05) is 0 Å². The standard InChI is InChI=1S/C12H2Br2N4/c1-17-11(5-15)7-3-10(14)8(4-9(7)13)12(6-16)18-2/h3-4H/b11-7+,12-8+. The SMILES string of the molecule is [C-]#[N+]/C(C#N)=c1\cc(Br)/c(=C(\C#N)[N+]#[C-])cc1Br. The summed E-state index contributed by atoms with van der Waals surface area (Å²) in [6.07, 6.45) is 0. The average Bonchev–Trinajstić information content (AvgIpc) is 2.37. The third kappa shape index (κ3) is 2.58. The van der Waals surface area contributed by atoms with Crippen LogP contribution in [0.1, 0.15) is 0 Å². The van der Waals surface area contributed by atoms with Gasteiger partial charge in [0.15, 0.2) is 0 Å². The van der Waals surface area contributed by atoms with Crippen molar-refractivity contribution in [3.8, 4) is 12.1 Å². The zero-order chi connectivity index (χ0) is 13.7. The first-order chi connectivity index (χ1) is 8.58. The minimum atomic E-state index is -0.0598. The van der Waals surface area contributed by atoms with Crippen molar-refractivity contribution in [2.75, 3.05) is 0 Å². The van der Waals surface area contributed by atoms with E-state index in [4.69, 9.17) is 23.7 Å². The molecule has 0 atom stereocenters. The van der Waals surface area contributed by atoms with Crippen molar-refractivity contribution >= 4 is 43.3 Å². The molecule has 0 spiro atoms. The zero-order valence-corrected chi connectivity index (χ0v) is 11.9. The van der Waals surface area contributed by atoms with Crippen LogP contribution in [0, 0.1) is 35.8 Å². The maximum absolute atomic E-state index is 8.82. The van der Waals surface area contributed by atoms with Crippen LogP contribution in [0.25, 0.3) is 21.1 Å². The Labute approximate surface area is 120 Å². The number of halogens is 2. The van der Waals surface area contributed by atoms with Crippen molar-refractivity contribution in [2.24, 2.45) is 0 Å². The van der Waals surface area contributed by atoms with Crippen LogP contribution in [0.3, 0.4) is 0 Å². The predicted octanol–water partition coefficient (Wildman–Crippen LogP) is 2.31. The van der Waals surface area contributed by atoms with Gasteiger partial charge in [-0.2, -0.15) is 0 Å². The molecule has 0 unspecified atom stereocenters. The van der Waals surface area contributed by atoms with Gasteiger partial charge in [0.25, 0.3) is 11.4 Å². The number of nitrogens with zero attached hydrogens (tertiary/aromatic N) is 4. The summed E-state index contributed by atoms with van der Waals surface area (Å²) in [4.78, 5) is 6.23. The summed E-state index contributed by atoms with van der Waals surface area (Å²) in [6.45, 7) is 13.8. The Morgan fingerprint density at radius 3 is 1.50 bits per heavy atom. The number of hydrogen-bond acceptors (Lipinski definition) is 2. The first-order valence-electron chi connectivity index (χ1n) is 4.37. The number of nitriles is 2. The molecule has 0 N–H and O–H groups in total. The molecule has 0 aliphatic rings. The Morgan fingerprint density at radius 1 is 0.944 bits per heavy atom. The third-order valence-electron chi connectivity index (χ3n) is 2.00. The first kappa shape index (κ1) is 13.9. The normalized spacial score (nSPS) is 12.3. The molecule has 1 rings (SSSR count). The predicted molar refractivity (Wildman–Crippen MR) is 72.3 cm³/mol. The fourth-order valence-electron chi connectivity index (χ4n) is 1.20. The highest BCUT2D eigenvalue weighted by atomic mass is 79.9. The second kappa shape index (κ2) is 5.99. The largest absolute Gasteiger partial charge is 0.270 e. The minimum Gasteiger partial charge on any atom is -0.226 e. The smallest absolute Gasteiger partial charge is 0.226 e. The van der Waals surface area contributed by atoms with Crippen LogP contribution in [0.5, 0.6) is 0 Å². The summed E-state index contributed by atoms with van der Waals surface area (Å²) in [5, 5.41) is 18.5. The molecule has 0 radical (unpaired) electrons. The van der Waals surface area contributed by atoms with E-state index in [0.29, 0.717) is 19.4 Å². The van der Waals surface area contributed by atoms with Crippen LogP contribution in [0.15, 0.2) is 21.1 Å². The minimum absolute atomic E-state index is 0.0598. The number of hydrogen-bond donors (Lipinski definition) is 0. The lowest BCUT2D eigenvalue weighted by molar-refractivity contribution is 1.42. The lowest BCUT2D eigenvalue weighted by Crippen LogP contribution is -2.15. The molecule has 0 aliphatic heterocycles. The van der Waals surface area contributed by atoms with Gasteiger partial charge in [-0.3, -0.25) is 0 Å². The number of benzene rings is 1. The maximum atomic E-state index is 8.82. The average molecular weight is 362 g/mol. The van der Waals surface area contributed by atoms with Gasteiger partial charge in [-0.1, -0.05) is 31.9 Å². The molecular formula is C12H2Br2N4. The van der Waals surface area contributed by atoms with E-state index in [2.05, 4.69) is 41.5 Å². The molecule has 6 heteroatoms. The van der Waals surface area contributed by atoms with E-state index >= 15 is 0 Å². The van der Waals surface area contributed by atoms with Gasteiger partial charge in [0, 0.05) is 19.4 Å². The van der Waals surface area contributed by atoms with Gasteiger partial charge in [-0.15, -0.1) is 0 Å². The lowest BCUT2D eigenvalue weighted by atomic mass is 10.2. The molecule has 0 aliphatic carbocycles. The summed E-state index contributed by atoms with van der Waals surface area (Å²) in [7, 11) is 0. The van der Waals surface area contributed by atoms with Crippen molar-refractivity contribution in [3.05, 3.63) is 54.3 Å². The third-order valence-corrected chi connectivity index (χ3v) is 3.31. The van der Waals surface area contributed by atoms with Gasteiger partial charge in [0.05, 0.1) is 25.3 Å². The van der Waals surface area contributed by atoms with E-state index in [1.54, 1.807) is 24.3 Å². The van der Waals surface area contributed by atoms with Crippen LogP contribution in [-0.2, 0) is 0 Å². The second-order valence-electron chi connectivity index (χ2n) is 2.96. The summed E-state index contributed by atoms with van der Waals surface area (Å²) < 4.78 is 0.981. The van der Waals surface area contributed by atoms with Crippen molar-refractivity contribution in [1.82, 2.24) is 0 Å². The molecule has 0 bridgehead atoms. The molecule has 0 saturated heterocycles. The Kier molecular flexibility index (Phi) is 4.64. The van der Waals surface area contributed by atoms with Crippen LogP contribution in [0.4, 0.5) is 0 Å². The Bertz CT molecular complexity index is 693. The van der Waals surface area contributed by atoms with Crippen molar-refractivity contribution < 1.29 is 0 Å². The Morgan fingerprint density at radius 2 is 1.28 bits per heavy atom. The van der Waals surface area contributed by atoms with E-state index < -0.39 is 0 Å². The maximum Gasteiger partial charge on any atom is 0.270 e. The Balaban J connectivity index is 3.96. The van der Waals surface area contributed by atoms with Gasteiger partial charge in [-0.05, 0) is 12.1 Å². The molecule has 18 heavy (non-hydrogen) atoms. The molecule has 0 fully saturated rings. The summed E-state index contributed by atoms with van der Waals surface area (Å²) >= 11 is 6.46. The summed E-state index contributed by atoms with van der Waals surface area (Å²) in [5.74, 6) is 0. The van der Waals surface area contributed by atoms with Crippen molar-refractivity contribution in [3.63, 3.8) is 0 Å². The molecule has 0 aromatic heterocycles. The van der Waals surface area contributed by atoms with Crippen LogP contribution in [-0.4, -0.2) is 0 Å². The molecule has 0 amide bonds. The van der Waals surface area contributed by atoms with Crippen LogP contribution < -0.4 is 10.4 Å². The zero-order valence-electron chi connectivity index (χ0n) is 8.70. The fraction of sp³-hybridized carbons (Fsp3) is 0. The molecule has 4 nitrogen and oxygen atoms in total. The van der Waals surface area contributed by atoms with Crippen LogP contribution >= 0.6 is 31.9 Å². The van der Waals surface area contributed by atoms with E-state index in [1.165, 1.54) is 0 Å². The van der Waals surface area contributed by atoms with E-state index in [0.717, 1.165) is 0 Å². The highest BCUT2D eigenvalue weighted by molar-refractivity contribution is 9.11.